The second-order valence-electron chi connectivity index (χ2n) is 4.93. The number of amides is 1. The van der Waals surface area contributed by atoms with Crippen LogP contribution < -0.4 is 15.0 Å². The van der Waals surface area contributed by atoms with Crippen molar-refractivity contribution in [2.45, 2.75) is 6.54 Å². The van der Waals surface area contributed by atoms with Crippen molar-refractivity contribution in [2.75, 3.05) is 18.0 Å². The van der Waals surface area contributed by atoms with Gasteiger partial charge >= 0.3 is 5.97 Å². The Morgan fingerprint density at radius 1 is 1.23 bits per heavy atom. The Labute approximate surface area is 127 Å². The number of aromatic nitrogens is 1. The number of hydrogen-bond donors (Lipinski definition) is 1. The Balaban J connectivity index is 1.63. The number of anilines is 1. The van der Waals surface area contributed by atoms with E-state index in [-0.39, 0.29) is 25.0 Å². The van der Waals surface area contributed by atoms with Crippen molar-refractivity contribution in [3.05, 3.63) is 54.4 Å². The largest absolute Gasteiger partial charge is 0.423 e. The summed E-state index contributed by atoms with van der Waals surface area (Å²) in [6.45, 7) is 0.609. The molecule has 2 aromatic rings. The van der Waals surface area contributed by atoms with Crippen LogP contribution in [0.15, 0.2) is 48.8 Å². The third-order valence-corrected chi connectivity index (χ3v) is 3.32. The molecule has 0 aliphatic carbocycles. The first-order valence-corrected chi connectivity index (χ1v) is 6.92. The SMILES string of the molecule is O=C(CN1CC(=O)Oc2ccccc21)NCc1ccncc1. The highest BCUT2D eigenvalue weighted by molar-refractivity contribution is 5.89. The van der Waals surface area contributed by atoms with Crippen LogP contribution in [-0.4, -0.2) is 29.9 Å². The molecule has 0 atom stereocenters. The van der Waals surface area contributed by atoms with Crippen LogP contribution in [0.3, 0.4) is 0 Å². The van der Waals surface area contributed by atoms with Crippen LogP contribution in [0.1, 0.15) is 5.56 Å². The minimum atomic E-state index is -0.361. The summed E-state index contributed by atoms with van der Waals surface area (Å²) in [5, 5.41) is 2.83. The number of nitrogens with one attached hydrogen (secondary N) is 1. The third-order valence-electron chi connectivity index (χ3n) is 3.32. The monoisotopic (exact) mass is 297 g/mol. The number of carbonyl (C=O) groups excluding carboxylic acids is 2. The van der Waals surface area contributed by atoms with E-state index in [1.807, 2.05) is 24.3 Å². The van der Waals surface area contributed by atoms with E-state index in [1.165, 1.54) is 0 Å². The summed E-state index contributed by atoms with van der Waals surface area (Å²) in [5.74, 6) is -0.0253. The van der Waals surface area contributed by atoms with E-state index in [9.17, 15) is 9.59 Å². The van der Waals surface area contributed by atoms with E-state index >= 15 is 0 Å². The Morgan fingerprint density at radius 3 is 2.82 bits per heavy atom. The molecule has 112 valence electrons. The molecule has 6 nitrogen and oxygen atoms in total. The molecule has 0 unspecified atom stereocenters. The van der Waals surface area contributed by atoms with Crippen LogP contribution in [0.4, 0.5) is 5.69 Å². The number of fused-ring (bicyclic) bond motifs is 1. The van der Waals surface area contributed by atoms with Gasteiger partial charge in [0.15, 0.2) is 5.75 Å². The van der Waals surface area contributed by atoms with Gasteiger partial charge in [0.2, 0.25) is 5.91 Å². The van der Waals surface area contributed by atoms with E-state index in [2.05, 4.69) is 10.3 Å². The topological polar surface area (TPSA) is 71.5 Å². The van der Waals surface area contributed by atoms with Crippen LogP contribution in [-0.2, 0) is 16.1 Å². The smallest absolute Gasteiger partial charge is 0.331 e. The lowest BCUT2D eigenvalue weighted by Gasteiger charge is -2.29. The highest BCUT2D eigenvalue weighted by atomic mass is 16.5. The van der Waals surface area contributed by atoms with E-state index in [1.54, 1.807) is 29.4 Å². The first-order valence-electron chi connectivity index (χ1n) is 6.92. The molecule has 1 aromatic carbocycles. The second-order valence-corrected chi connectivity index (χ2v) is 4.93. The number of benzene rings is 1. The maximum absolute atomic E-state index is 12.1. The summed E-state index contributed by atoms with van der Waals surface area (Å²) in [7, 11) is 0. The van der Waals surface area contributed by atoms with Gasteiger partial charge in [-0.3, -0.25) is 9.78 Å². The zero-order valence-corrected chi connectivity index (χ0v) is 11.9. The average molecular weight is 297 g/mol. The van der Waals surface area contributed by atoms with Gasteiger partial charge in [0, 0.05) is 18.9 Å². The van der Waals surface area contributed by atoms with E-state index < -0.39 is 0 Å². The quantitative estimate of drug-likeness (QED) is 0.676. The van der Waals surface area contributed by atoms with Gasteiger partial charge in [-0.05, 0) is 29.8 Å². The fourth-order valence-electron chi connectivity index (χ4n) is 2.27. The molecule has 0 bridgehead atoms. The highest BCUT2D eigenvalue weighted by Gasteiger charge is 2.25. The number of ether oxygens (including phenoxy) is 1. The molecule has 0 saturated carbocycles. The van der Waals surface area contributed by atoms with E-state index in [4.69, 9.17) is 4.74 Å². The zero-order valence-electron chi connectivity index (χ0n) is 11.9. The van der Waals surface area contributed by atoms with Crippen LogP contribution in [0.25, 0.3) is 0 Å². The van der Waals surface area contributed by atoms with Crippen molar-refractivity contribution in [3.63, 3.8) is 0 Å². The number of esters is 1. The van der Waals surface area contributed by atoms with Gasteiger partial charge < -0.3 is 15.0 Å². The van der Waals surface area contributed by atoms with E-state index in [0.29, 0.717) is 12.3 Å². The summed E-state index contributed by atoms with van der Waals surface area (Å²) >= 11 is 0. The van der Waals surface area contributed by atoms with Crippen molar-refractivity contribution < 1.29 is 14.3 Å². The molecule has 2 heterocycles. The number of hydrogen-bond acceptors (Lipinski definition) is 5. The molecule has 0 fully saturated rings. The number of nitrogens with zero attached hydrogens (tertiary/aromatic N) is 2. The Morgan fingerprint density at radius 2 is 2.00 bits per heavy atom. The van der Waals surface area contributed by atoms with Crippen molar-refractivity contribution in [3.8, 4) is 5.75 Å². The number of rotatable bonds is 4. The van der Waals surface area contributed by atoms with E-state index in [0.717, 1.165) is 11.3 Å². The maximum atomic E-state index is 12.1. The predicted molar refractivity (Wildman–Crippen MR) is 80.4 cm³/mol. The molecule has 0 saturated heterocycles. The van der Waals surface area contributed by atoms with Crippen LogP contribution in [0, 0.1) is 0 Å². The normalized spacial score (nSPS) is 13.3. The minimum Gasteiger partial charge on any atom is -0.423 e. The van der Waals surface area contributed by atoms with Crippen molar-refractivity contribution in [1.29, 1.82) is 0 Å². The molecule has 3 rings (SSSR count). The number of para-hydroxylation sites is 2. The van der Waals surface area contributed by atoms with Crippen molar-refractivity contribution in [1.82, 2.24) is 10.3 Å². The lowest BCUT2D eigenvalue weighted by atomic mass is 10.2. The van der Waals surface area contributed by atoms with Crippen molar-refractivity contribution in [2.24, 2.45) is 0 Å². The fraction of sp³-hybridized carbons (Fsp3) is 0.188. The van der Waals surface area contributed by atoms with Gasteiger partial charge in [-0.25, -0.2) is 4.79 Å². The van der Waals surface area contributed by atoms with Crippen molar-refractivity contribution >= 4 is 17.6 Å². The maximum Gasteiger partial charge on any atom is 0.331 e. The van der Waals surface area contributed by atoms with Gasteiger partial charge in [0.1, 0.15) is 6.54 Å². The fourth-order valence-corrected chi connectivity index (χ4v) is 2.27. The Hall–Kier alpha value is -2.89. The van der Waals surface area contributed by atoms with Gasteiger partial charge in [-0.15, -0.1) is 0 Å². The molecular weight excluding hydrogens is 282 g/mol. The first-order chi connectivity index (χ1) is 10.7. The molecule has 1 aromatic heterocycles. The lowest BCUT2D eigenvalue weighted by Crippen LogP contribution is -2.43. The summed E-state index contributed by atoms with van der Waals surface area (Å²) in [6, 6.07) is 10.9. The zero-order chi connectivity index (χ0) is 15.4. The highest BCUT2D eigenvalue weighted by Crippen LogP contribution is 2.30. The molecule has 0 spiro atoms. The first kappa shape index (κ1) is 14.1. The van der Waals surface area contributed by atoms with Gasteiger partial charge in [0.05, 0.1) is 12.2 Å². The molecule has 1 N–H and O–H groups in total. The van der Waals surface area contributed by atoms with Crippen LogP contribution >= 0.6 is 0 Å². The third kappa shape index (κ3) is 3.22. The summed E-state index contributed by atoms with van der Waals surface area (Å²) < 4.78 is 5.15. The predicted octanol–water partition coefficient (Wildman–Crippen LogP) is 1.12. The van der Waals surface area contributed by atoms with Gasteiger partial charge in [-0.2, -0.15) is 0 Å². The summed E-state index contributed by atoms with van der Waals surface area (Å²) in [5.41, 5.74) is 1.72. The molecular formula is C16H15N3O3. The van der Waals surface area contributed by atoms with Gasteiger partial charge in [0.25, 0.3) is 0 Å². The molecule has 6 heteroatoms. The Bertz CT molecular complexity index is 688. The molecule has 1 amide bonds. The average Bonchev–Trinajstić information content (AvgIpc) is 2.54. The van der Waals surface area contributed by atoms with Gasteiger partial charge in [-0.1, -0.05) is 12.1 Å². The second kappa shape index (κ2) is 6.26. The molecule has 1 aliphatic heterocycles. The lowest BCUT2D eigenvalue weighted by molar-refractivity contribution is -0.133. The summed E-state index contributed by atoms with van der Waals surface area (Å²) in [6.07, 6.45) is 3.36. The summed E-state index contributed by atoms with van der Waals surface area (Å²) in [4.78, 5) is 29.3. The Kier molecular flexibility index (Phi) is 4.00. The van der Waals surface area contributed by atoms with Crippen LogP contribution in [0.2, 0.25) is 0 Å². The number of pyridine rings is 1. The molecule has 0 radical (unpaired) electrons. The van der Waals surface area contributed by atoms with Crippen LogP contribution in [0.5, 0.6) is 5.75 Å². The molecule has 1 aliphatic rings. The number of carbonyl (C=O) groups is 2. The standard InChI is InChI=1S/C16H15N3O3/c20-15(18-9-12-5-7-17-8-6-12)10-19-11-16(21)22-14-4-2-1-3-13(14)19/h1-8H,9-11H2,(H,18,20). The minimum absolute atomic E-state index is 0.0691. The molecule has 22 heavy (non-hydrogen) atoms.